The molecule has 0 radical (unpaired) electrons. The average Bonchev–Trinajstić information content (AvgIpc) is 2.59. The lowest BCUT2D eigenvalue weighted by molar-refractivity contribution is 0.0835. The van der Waals surface area contributed by atoms with Gasteiger partial charge in [0.15, 0.2) is 0 Å². The molecule has 1 aliphatic rings. The zero-order chi connectivity index (χ0) is 11.5. The molecule has 0 amide bonds. The molecule has 86 valence electrons. The van der Waals surface area contributed by atoms with Crippen LogP contribution in [0.2, 0.25) is 0 Å². The number of ether oxygens (including phenoxy) is 1. The minimum Gasteiger partial charge on any atom is -0.380 e. The highest BCUT2D eigenvalue weighted by Crippen LogP contribution is 2.40. The van der Waals surface area contributed by atoms with E-state index in [0.29, 0.717) is 32.5 Å². The second-order valence-corrected chi connectivity index (χ2v) is 6.55. The number of sulfone groups is 1. The minimum absolute atomic E-state index is 0.353. The van der Waals surface area contributed by atoms with Crippen molar-refractivity contribution in [1.82, 2.24) is 0 Å². The zero-order valence-electron chi connectivity index (χ0n) is 9.19. The monoisotopic (exact) mass is 231 g/mol. The second-order valence-electron chi connectivity index (χ2n) is 4.22. The van der Waals surface area contributed by atoms with Crippen LogP contribution in [-0.4, -0.2) is 33.1 Å². The first-order valence-corrected chi connectivity index (χ1v) is 7.07. The van der Waals surface area contributed by atoms with Gasteiger partial charge in [0.25, 0.3) is 0 Å². The Labute approximate surface area is 91.1 Å². The van der Waals surface area contributed by atoms with Gasteiger partial charge in [0.2, 0.25) is 0 Å². The lowest BCUT2D eigenvalue weighted by Gasteiger charge is -2.19. The van der Waals surface area contributed by atoms with E-state index < -0.39 is 15.3 Å². The third-order valence-electron chi connectivity index (χ3n) is 2.99. The third-order valence-corrected chi connectivity index (χ3v) is 4.60. The fraction of sp³-hybridized carbons (Fsp3) is 0.900. The molecule has 0 N–H and O–H groups in total. The van der Waals surface area contributed by atoms with Gasteiger partial charge in [-0.3, -0.25) is 0 Å². The Hall–Kier alpha value is -0.600. The van der Waals surface area contributed by atoms with Crippen LogP contribution in [0.15, 0.2) is 0 Å². The molecule has 0 unspecified atom stereocenters. The Bertz CT molecular complexity index is 357. The third kappa shape index (κ3) is 2.93. The predicted molar refractivity (Wildman–Crippen MR) is 57.0 cm³/mol. The van der Waals surface area contributed by atoms with Crippen LogP contribution in [0.1, 0.15) is 26.2 Å². The van der Waals surface area contributed by atoms with Gasteiger partial charge < -0.3 is 4.74 Å². The second kappa shape index (κ2) is 4.50. The molecule has 0 bridgehead atoms. The van der Waals surface area contributed by atoms with Crippen molar-refractivity contribution in [1.29, 1.82) is 5.26 Å². The number of hydrogen-bond acceptors (Lipinski definition) is 4. The predicted octanol–water partition coefficient (Wildman–Crippen LogP) is 1.13. The van der Waals surface area contributed by atoms with Gasteiger partial charge >= 0.3 is 0 Å². The van der Waals surface area contributed by atoms with Crippen molar-refractivity contribution in [3.63, 3.8) is 0 Å². The summed E-state index contributed by atoms with van der Waals surface area (Å²) >= 11 is 0. The lowest BCUT2D eigenvalue weighted by atomic mass is 9.89. The molecule has 4 nitrogen and oxygen atoms in total. The van der Waals surface area contributed by atoms with Crippen molar-refractivity contribution < 1.29 is 13.2 Å². The molecule has 2 atom stereocenters. The van der Waals surface area contributed by atoms with Gasteiger partial charge in [0.05, 0.1) is 23.3 Å². The molecule has 5 heteroatoms. The first-order valence-electron chi connectivity index (χ1n) is 5.11. The Balaban J connectivity index is 2.70. The van der Waals surface area contributed by atoms with Crippen molar-refractivity contribution in [3.8, 4) is 6.07 Å². The van der Waals surface area contributed by atoms with Crippen molar-refractivity contribution >= 4 is 9.84 Å². The number of nitrogens with zero attached hydrogens (tertiary/aromatic N) is 1. The molecule has 1 rings (SSSR count). The highest BCUT2D eigenvalue weighted by Gasteiger charge is 2.43. The lowest BCUT2D eigenvalue weighted by Crippen LogP contribution is -2.25. The Kier molecular flexibility index (Phi) is 3.74. The summed E-state index contributed by atoms with van der Waals surface area (Å²) < 4.78 is 28.0. The summed E-state index contributed by atoms with van der Waals surface area (Å²) in [5.41, 5.74) is -0.580. The van der Waals surface area contributed by atoms with Gasteiger partial charge in [-0.2, -0.15) is 5.26 Å². The molecule has 0 spiro atoms. The summed E-state index contributed by atoms with van der Waals surface area (Å²) in [6, 6.07) is 2.22. The molecule has 0 saturated heterocycles. The molecule has 1 fully saturated rings. The van der Waals surface area contributed by atoms with E-state index in [2.05, 4.69) is 6.07 Å². The standard InChI is InChI=1S/C10H17NO3S/c1-3-14-8-10(7-11)5-4-9(6-10)15(2,12)13/h9H,3-6,8H2,1-2H3/t9-,10-/m0/s1. The maximum Gasteiger partial charge on any atom is 0.150 e. The topological polar surface area (TPSA) is 67.2 Å². The molecule has 0 aromatic carbocycles. The first kappa shape index (κ1) is 12.5. The largest absolute Gasteiger partial charge is 0.380 e. The number of rotatable bonds is 4. The van der Waals surface area contributed by atoms with Crippen LogP contribution in [0.4, 0.5) is 0 Å². The number of hydrogen-bond donors (Lipinski definition) is 0. The smallest absolute Gasteiger partial charge is 0.150 e. The van der Waals surface area contributed by atoms with Crippen LogP contribution >= 0.6 is 0 Å². The van der Waals surface area contributed by atoms with Gasteiger partial charge in [0, 0.05) is 12.9 Å². The molecule has 0 aromatic heterocycles. The van der Waals surface area contributed by atoms with Crippen LogP contribution in [-0.2, 0) is 14.6 Å². The van der Waals surface area contributed by atoms with Gasteiger partial charge in [-0.05, 0) is 26.2 Å². The quantitative estimate of drug-likeness (QED) is 0.727. The van der Waals surface area contributed by atoms with Gasteiger partial charge in [-0.1, -0.05) is 0 Å². The van der Waals surface area contributed by atoms with Gasteiger partial charge in [-0.25, -0.2) is 8.42 Å². The van der Waals surface area contributed by atoms with E-state index in [1.54, 1.807) is 0 Å². The summed E-state index contributed by atoms with van der Waals surface area (Å²) in [5.74, 6) is 0. The molecule has 0 aliphatic heterocycles. The molecular weight excluding hydrogens is 214 g/mol. The zero-order valence-corrected chi connectivity index (χ0v) is 10.0. The van der Waals surface area contributed by atoms with Crippen LogP contribution in [0, 0.1) is 16.7 Å². The molecule has 1 saturated carbocycles. The fourth-order valence-corrected chi connectivity index (χ4v) is 3.17. The maximum atomic E-state index is 11.4. The summed E-state index contributed by atoms with van der Waals surface area (Å²) in [5, 5.41) is 8.74. The molecule has 0 aromatic rings. The fourth-order valence-electron chi connectivity index (χ4n) is 2.01. The normalized spacial score (nSPS) is 31.4. The molecule has 0 heterocycles. The summed E-state index contributed by atoms with van der Waals surface area (Å²) in [4.78, 5) is 0. The number of nitriles is 1. The average molecular weight is 231 g/mol. The van der Waals surface area contributed by atoms with Crippen LogP contribution in [0.5, 0.6) is 0 Å². The molecule has 15 heavy (non-hydrogen) atoms. The van der Waals surface area contributed by atoms with E-state index in [9.17, 15) is 8.42 Å². The highest BCUT2D eigenvalue weighted by molar-refractivity contribution is 7.91. The van der Waals surface area contributed by atoms with E-state index >= 15 is 0 Å². The van der Waals surface area contributed by atoms with E-state index in [1.165, 1.54) is 6.26 Å². The van der Waals surface area contributed by atoms with Gasteiger partial charge in [0.1, 0.15) is 9.84 Å². The summed E-state index contributed by atoms with van der Waals surface area (Å²) in [6.45, 7) is 2.78. The van der Waals surface area contributed by atoms with E-state index in [-0.39, 0.29) is 5.25 Å². The van der Waals surface area contributed by atoms with Crippen LogP contribution in [0.3, 0.4) is 0 Å². The van der Waals surface area contributed by atoms with Crippen molar-refractivity contribution in [2.45, 2.75) is 31.4 Å². The van der Waals surface area contributed by atoms with E-state index in [4.69, 9.17) is 10.00 Å². The highest BCUT2D eigenvalue weighted by atomic mass is 32.2. The summed E-state index contributed by atoms with van der Waals surface area (Å²) in [7, 11) is -3.02. The van der Waals surface area contributed by atoms with Gasteiger partial charge in [-0.15, -0.1) is 0 Å². The Morgan fingerprint density at radius 2 is 2.27 bits per heavy atom. The summed E-state index contributed by atoms with van der Waals surface area (Å²) in [6.07, 6.45) is 2.87. The minimum atomic E-state index is -3.02. The van der Waals surface area contributed by atoms with Crippen molar-refractivity contribution in [2.75, 3.05) is 19.5 Å². The van der Waals surface area contributed by atoms with E-state index in [0.717, 1.165) is 0 Å². The maximum absolute atomic E-state index is 11.4. The van der Waals surface area contributed by atoms with E-state index in [1.807, 2.05) is 6.92 Å². The van der Waals surface area contributed by atoms with Crippen molar-refractivity contribution in [2.24, 2.45) is 5.41 Å². The first-order chi connectivity index (χ1) is 6.93. The molecular formula is C10H17NO3S. The molecule has 1 aliphatic carbocycles. The van der Waals surface area contributed by atoms with Crippen molar-refractivity contribution in [3.05, 3.63) is 0 Å². The Morgan fingerprint density at radius 3 is 2.67 bits per heavy atom. The SMILES string of the molecule is CCOC[C@@]1(C#N)CC[C@H](S(C)(=O)=O)C1. The van der Waals surface area contributed by atoms with Crippen LogP contribution < -0.4 is 0 Å². The van der Waals surface area contributed by atoms with Crippen LogP contribution in [0.25, 0.3) is 0 Å². The Morgan fingerprint density at radius 1 is 1.60 bits per heavy atom.